The van der Waals surface area contributed by atoms with Crippen molar-refractivity contribution in [3.05, 3.63) is 23.8 Å². The van der Waals surface area contributed by atoms with Gasteiger partial charge in [-0.15, -0.1) is 0 Å². The van der Waals surface area contributed by atoms with E-state index in [1.807, 2.05) is 26.8 Å². The number of piperidine rings is 1. The predicted molar refractivity (Wildman–Crippen MR) is 142 cm³/mol. The van der Waals surface area contributed by atoms with Gasteiger partial charge in [0, 0.05) is 26.2 Å². The van der Waals surface area contributed by atoms with Gasteiger partial charge in [-0.1, -0.05) is 19.1 Å². The number of sulfonamides is 1. The number of amides is 1. The third-order valence-electron chi connectivity index (χ3n) is 6.35. The molecule has 1 aromatic carbocycles. The number of aliphatic imine (C=N–C) groups is 1. The fourth-order valence-electron chi connectivity index (χ4n) is 4.84. The van der Waals surface area contributed by atoms with Gasteiger partial charge in [-0.05, 0) is 70.4 Å². The molecule has 1 fully saturated rings. The van der Waals surface area contributed by atoms with E-state index in [1.165, 1.54) is 0 Å². The van der Waals surface area contributed by atoms with Crippen LogP contribution >= 0.6 is 0 Å². The first-order valence-electron chi connectivity index (χ1n) is 12.8. The molecule has 36 heavy (non-hydrogen) atoms. The summed E-state index contributed by atoms with van der Waals surface area (Å²) in [4.78, 5) is 19.5. The minimum Gasteiger partial charge on any atom is -0.383 e. The number of rotatable bonds is 9. The van der Waals surface area contributed by atoms with E-state index in [9.17, 15) is 13.2 Å². The summed E-state index contributed by atoms with van der Waals surface area (Å²) in [5.41, 5.74) is 12.1. The summed E-state index contributed by atoms with van der Waals surface area (Å²) in [6.45, 7) is 10.1. The van der Waals surface area contributed by atoms with Crippen LogP contribution in [0.15, 0.2) is 28.1 Å². The molecule has 1 saturated heterocycles. The maximum absolute atomic E-state index is 13.6. The van der Waals surface area contributed by atoms with Crippen LogP contribution in [0.25, 0.3) is 0 Å². The minimum absolute atomic E-state index is 0.0344. The highest BCUT2D eigenvalue weighted by atomic mass is 32.2. The monoisotopic (exact) mass is 522 g/mol. The Morgan fingerprint density at radius 3 is 2.78 bits per heavy atom. The van der Waals surface area contributed by atoms with Crippen LogP contribution in [0.3, 0.4) is 0 Å². The van der Waals surface area contributed by atoms with Gasteiger partial charge < -0.3 is 26.4 Å². The summed E-state index contributed by atoms with van der Waals surface area (Å²) in [7, 11) is -3.97. The SMILES string of the molecule is CC1CNc2c(cccc2S(=O)(=O)N[C@@H](CCCN=C(N)N)C(=O)N2CCCC(OC(C)(C)C)C2)C1. The first-order chi connectivity index (χ1) is 16.9. The van der Waals surface area contributed by atoms with Crippen LogP contribution in [0, 0.1) is 5.92 Å². The third-order valence-corrected chi connectivity index (χ3v) is 7.86. The second-order valence-corrected chi connectivity index (χ2v) is 12.6. The van der Waals surface area contributed by atoms with E-state index in [2.05, 4.69) is 22.0 Å². The average molecular weight is 523 g/mol. The molecule has 2 aliphatic heterocycles. The number of guanidine groups is 1. The lowest BCUT2D eigenvalue weighted by Gasteiger charge is -2.37. The first kappa shape index (κ1) is 28.2. The summed E-state index contributed by atoms with van der Waals surface area (Å²) < 4.78 is 36.0. The van der Waals surface area contributed by atoms with E-state index < -0.39 is 16.1 Å². The van der Waals surface area contributed by atoms with E-state index in [0.717, 1.165) is 24.8 Å². The fourth-order valence-corrected chi connectivity index (χ4v) is 6.29. The highest BCUT2D eigenvalue weighted by molar-refractivity contribution is 7.89. The van der Waals surface area contributed by atoms with Gasteiger partial charge in [0.1, 0.15) is 10.9 Å². The number of anilines is 1. The second-order valence-electron chi connectivity index (χ2n) is 10.9. The molecule has 10 nitrogen and oxygen atoms in total. The Hall–Kier alpha value is -2.37. The molecular formula is C25H42N6O4S. The quantitative estimate of drug-likeness (QED) is 0.219. The Balaban J connectivity index is 1.81. The Bertz CT molecular complexity index is 1050. The number of ether oxygens (including phenoxy) is 1. The van der Waals surface area contributed by atoms with Gasteiger partial charge in [-0.3, -0.25) is 9.79 Å². The van der Waals surface area contributed by atoms with Gasteiger partial charge in [0.15, 0.2) is 5.96 Å². The topological polar surface area (TPSA) is 152 Å². The van der Waals surface area contributed by atoms with Crippen molar-refractivity contribution >= 4 is 27.6 Å². The number of carbonyl (C=O) groups excluding carboxylic acids is 1. The number of hydrogen-bond donors (Lipinski definition) is 4. The summed E-state index contributed by atoms with van der Waals surface area (Å²) in [5, 5.41) is 3.27. The van der Waals surface area contributed by atoms with Crippen molar-refractivity contribution in [3.8, 4) is 0 Å². The molecule has 1 amide bonds. The zero-order chi connectivity index (χ0) is 26.5. The molecule has 0 radical (unpaired) electrons. The van der Waals surface area contributed by atoms with Gasteiger partial charge in [-0.25, -0.2) is 8.42 Å². The number of nitrogens with two attached hydrogens (primary N) is 2. The van der Waals surface area contributed by atoms with E-state index in [0.29, 0.717) is 44.2 Å². The summed E-state index contributed by atoms with van der Waals surface area (Å²) in [5.74, 6) is 0.125. The van der Waals surface area contributed by atoms with Crippen molar-refractivity contribution in [2.24, 2.45) is 22.4 Å². The third kappa shape index (κ3) is 7.81. The summed E-state index contributed by atoms with van der Waals surface area (Å²) >= 11 is 0. The lowest BCUT2D eigenvalue weighted by atomic mass is 9.96. The Morgan fingerprint density at radius 1 is 1.33 bits per heavy atom. The van der Waals surface area contributed by atoms with Crippen molar-refractivity contribution in [1.82, 2.24) is 9.62 Å². The van der Waals surface area contributed by atoms with Crippen molar-refractivity contribution < 1.29 is 17.9 Å². The average Bonchev–Trinajstić information content (AvgIpc) is 2.78. The van der Waals surface area contributed by atoms with Crippen LogP contribution in [0.2, 0.25) is 0 Å². The smallest absolute Gasteiger partial charge is 0.243 e. The molecule has 202 valence electrons. The van der Waals surface area contributed by atoms with Crippen LogP contribution in [0.1, 0.15) is 58.9 Å². The highest BCUT2D eigenvalue weighted by Crippen LogP contribution is 2.31. The maximum atomic E-state index is 13.6. The Labute approximate surface area is 215 Å². The van der Waals surface area contributed by atoms with Crippen molar-refractivity contribution in [3.63, 3.8) is 0 Å². The van der Waals surface area contributed by atoms with Gasteiger partial charge in [0.05, 0.1) is 17.4 Å². The van der Waals surface area contributed by atoms with Crippen LogP contribution in [-0.2, 0) is 26.0 Å². The van der Waals surface area contributed by atoms with Gasteiger partial charge in [0.2, 0.25) is 15.9 Å². The molecule has 3 atom stereocenters. The van der Waals surface area contributed by atoms with E-state index >= 15 is 0 Å². The van der Waals surface area contributed by atoms with Crippen LogP contribution in [0.4, 0.5) is 5.69 Å². The lowest BCUT2D eigenvalue weighted by Crippen LogP contribution is -2.53. The minimum atomic E-state index is -3.97. The molecule has 0 aromatic heterocycles. The van der Waals surface area contributed by atoms with Gasteiger partial charge in [0.25, 0.3) is 0 Å². The molecule has 2 aliphatic rings. The molecule has 0 saturated carbocycles. The number of nitrogens with one attached hydrogen (secondary N) is 2. The number of carbonyl (C=O) groups is 1. The van der Waals surface area contributed by atoms with E-state index in [4.69, 9.17) is 16.2 Å². The molecule has 0 bridgehead atoms. The standard InChI is InChI=1S/C25H42N6O4S/c1-17-14-18-8-5-11-21(22(18)29-15-17)36(33,34)30-20(10-6-12-28-24(26)27)23(32)31-13-7-9-19(16-31)35-25(2,3)4/h5,8,11,17,19-20,29-30H,6-7,9-10,12-16H2,1-4H3,(H4,26,27,28)/t17?,19?,20-/m0/s1. The van der Waals surface area contributed by atoms with Crippen LogP contribution < -0.4 is 21.5 Å². The maximum Gasteiger partial charge on any atom is 0.243 e. The predicted octanol–water partition coefficient (Wildman–Crippen LogP) is 1.80. The number of hydrogen-bond acceptors (Lipinski definition) is 6. The molecule has 11 heteroatoms. The van der Waals surface area contributed by atoms with Crippen molar-refractivity contribution in [1.29, 1.82) is 0 Å². The lowest BCUT2D eigenvalue weighted by molar-refractivity contribution is -0.141. The molecular weight excluding hydrogens is 480 g/mol. The molecule has 6 N–H and O–H groups in total. The highest BCUT2D eigenvalue weighted by Gasteiger charge is 2.34. The molecule has 1 aromatic rings. The Morgan fingerprint density at radius 2 is 2.08 bits per heavy atom. The largest absolute Gasteiger partial charge is 0.383 e. The van der Waals surface area contributed by atoms with Gasteiger partial charge in [-0.2, -0.15) is 4.72 Å². The first-order valence-corrected chi connectivity index (χ1v) is 14.2. The number of nitrogens with zero attached hydrogens (tertiary/aromatic N) is 2. The summed E-state index contributed by atoms with van der Waals surface area (Å²) in [6.07, 6.45) is 3.10. The number of para-hydroxylation sites is 1. The zero-order valence-electron chi connectivity index (χ0n) is 21.9. The normalized spacial score (nSPS) is 21.3. The number of likely N-dealkylation sites (tertiary alicyclic amines) is 1. The molecule has 2 unspecified atom stereocenters. The van der Waals surface area contributed by atoms with Crippen molar-refractivity contribution in [2.45, 2.75) is 82.4 Å². The molecule has 3 rings (SSSR count). The second kappa shape index (κ2) is 11.8. The fraction of sp³-hybridized carbons (Fsp3) is 0.680. The van der Waals surface area contributed by atoms with E-state index in [1.54, 1.807) is 17.0 Å². The molecule has 2 heterocycles. The van der Waals surface area contributed by atoms with Crippen LogP contribution in [0.5, 0.6) is 0 Å². The zero-order valence-corrected chi connectivity index (χ0v) is 22.7. The van der Waals surface area contributed by atoms with Gasteiger partial charge >= 0.3 is 0 Å². The molecule has 0 aliphatic carbocycles. The van der Waals surface area contributed by atoms with Crippen molar-refractivity contribution in [2.75, 3.05) is 31.5 Å². The van der Waals surface area contributed by atoms with Crippen LogP contribution in [-0.4, -0.2) is 69.1 Å². The summed E-state index contributed by atoms with van der Waals surface area (Å²) in [6, 6.07) is 4.34. The molecule has 0 spiro atoms. The Kier molecular flexibility index (Phi) is 9.23. The van der Waals surface area contributed by atoms with E-state index in [-0.39, 0.29) is 34.9 Å². The number of benzene rings is 1. The number of fused-ring (bicyclic) bond motifs is 1.